The molecule has 7 heteroatoms. The van der Waals surface area contributed by atoms with Crippen LogP contribution in [0.3, 0.4) is 0 Å². The summed E-state index contributed by atoms with van der Waals surface area (Å²) in [6.45, 7) is 6.80. The van der Waals surface area contributed by atoms with E-state index in [1.165, 1.54) is 11.1 Å². The van der Waals surface area contributed by atoms with Gasteiger partial charge in [-0.3, -0.25) is 4.79 Å². The highest BCUT2D eigenvalue weighted by molar-refractivity contribution is 6.14. The molecular formula is C25H26N4O3. The number of hydrogen-bond donors (Lipinski definition) is 0. The second-order valence-electron chi connectivity index (χ2n) is 8.42. The molecule has 4 aromatic rings. The number of anilines is 1. The van der Waals surface area contributed by atoms with Crippen molar-refractivity contribution in [3.05, 3.63) is 59.5 Å². The van der Waals surface area contributed by atoms with Gasteiger partial charge < -0.3 is 14.1 Å². The van der Waals surface area contributed by atoms with E-state index in [1.807, 2.05) is 47.7 Å². The second kappa shape index (κ2) is 7.82. The van der Waals surface area contributed by atoms with Crippen LogP contribution in [0.15, 0.2) is 47.2 Å². The third kappa shape index (κ3) is 3.16. The number of hydrogen-bond acceptors (Lipinski definition) is 5. The fourth-order valence-corrected chi connectivity index (χ4v) is 4.49. The van der Waals surface area contributed by atoms with Crippen molar-refractivity contribution in [2.45, 2.75) is 39.7 Å². The molecule has 0 N–H and O–H groups in total. The molecule has 1 amide bonds. The minimum absolute atomic E-state index is 0.0848. The molecule has 4 heterocycles. The minimum Gasteiger partial charge on any atom is -0.495 e. The van der Waals surface area contributed by atoms with Crippen LogP contribution in [0.2, 0.25) is 0 Å². The van der Waals surface area contributed by atoms with Crippen molar-refractivity contribution in [2.75, 3.05) is 18.6 Å². The number of rotatable bonds is 4. The van der Waals surface area contributed by atoms with Crippen molar-refractivity contribution in [2.24, 2.45) is 0 Å². The fourth-order valence-electron chi connectivity index (χ4n) is 4.49. The summed E-state index contributed by atoms with van der Waals surface area (Å²) in [5, 5.41) is 5.26. The Kier molecular flexibility index (Phi) is 4.96. The molecule has 5 rings (SSSR count). The zero-order chi connectivity index (χ0) is 22.4. The molecule has 0 unspecified atom stereocenters. The summed E-state index contributed by atoms with van der Waals surface area (Å²) in [7, 11) is 1.65. The number of pyridine rings is 1. The van der Waals surface area contributed by atoms with Gasteiger partial charge in [-0.1, -0.05) is 6.07 Å². The average molecular weight is 431 g/mol. The number of carbonyl (C=O) groups is 1. The Hall–Kier alpha value is -3.61. The highest BCUT2D eigenvalue weighted by Crippen LogP contribution is 2.39. The lowest BCUT2D eigenvalue weighted by molar-refractivity contribution is 0.0986. The highest BCUT2D eigenvalue weighted by atomic mass is 16.5. The van der Waals surface area contributed by atoms with E-state index < -0.39 is 0 Å². The third-order valence-electron chi connectivity index (χ3n) is 6.08. The molecule has 7 nitrogen and oxygen atoms in total. The first-order valence-electron chi connectivity index (χ1n) is 10.9. The van der Waals surface area contributed by atoms with Gasteiger partial charge in [0.05, 0.1) is 36.2 Å². The summed E-state index contributed by atoms with van der Waals surface area (Å²) < 4.78 is 13.1. The summed E-state index contributed by atoms with van der Waals surface area (Å²) in [4.78, 5) is 20.7. The number of benzene rings is 1. The molecule has 1 aliphatic heterocycles. The molecule has 1 aromatic carbocycles. The molecule has 0 fully saturated rings. The molecule has 0 spiro atoms. The number of aryl methyl sites for hydroxylation is 1. The molecule has 0 saturated heterocycles. The maximum Gasteiger partial charge on any atom is 0.259 e. The van der Waals surface area contributed by atoms with Gasteiger partial charge in [-0.05, 0) is 69.0 Å². The number of fused-ring (bicyclic) bond motifs is 2. The van der Waals surface area contributed by atoms with Crippen molar-refractivity contribution in [1.82, 2.24) is 14.8 Å². The predicted molar refractivity (Wildman–Crippen MR) is 123 cm³/mol. The topological polar surface area (TPSA) is 73.4 Å². The van der Waals surface area contributed by atoms with Crippen molar-refractivity contribution < 1.29 is 13.9 Å². The van der Waals surface area contributed by atoms with E-state index in [2.05, 4.69) is 18.1 Å². The fraction of sp³-hybridized carbons (Fsp3) is 0.320. The summed E-state index contributed by atoms with van der Waals surface area (Å²) in [5.74, 6) is 1.25. The van der Waals surface area contributed by atoms with Crippen LogP contribution in [-0.4, -0.2) is 34.3 Å². The number of methoxy groups -OCH3 is 1. The molecule has 0 bridgehead atoms. The number of furan rings is 1. The highest BCUT2D eigenvalue weighted by Gasteiger charge is 2.30. The summed E-state index contributed by atoms with van der Waals surface area (Å²) in [6.07, 6.45) is 5.17. The number of ether oxygens (including phenoxy) is 1. The molecule has 0 saturated carbocycles. The lowest BCUT2D eigenvalue weighted by Gasteiger charge is -2.32. The molecule has 0 atom stereocenters. The lowest BCUT2D eigenvalue weighted by atomic mass is 9.95. The maximum atomic E-state index is 14.0. The van der Waals surface area contributed by atoms with Crippen LogP contribution in [0.4, 0.5) is 5.69 Å². The Bertz CT molecular complexity index is 1300. The number of aromatic nitrogens is 3. The Morgan fingerprint density at radius 3 is 2.81 bits per heavy atom. The van der Waals surface area contributed by atoms with E-state index in [-0.39, 0.29) is 11.9 Å². The van der Waals surface area contributed by atoms with Crippen LogP contribution < -0.4 is 9.64 Å². The second-order valence-corrected chi connectivity index (χ2v) is 8.42. The van der Waals surface area contributed by atoms with Crippen molar-refractivity contribution >= 4 is 22.6 Å². The monoisotopic (exact) mass is 430 g/mol. The molecule has 0 radical (unpaired) electrons. The quantitative estimate of drug-likeness (QED) is 0.446. The Balaban J connectivity index is 1.71. The zero-order valence-electron chi connectivity index (χ0n) is 18.8. The van der Waals surface area contributed by atoms with Crippen LogP contribution in [0, 0.1) is 6.92 Å². The third-order valence-corrected chi connectivity index (χ3v) is 6.08. The van der Waals surface area contributed by atoms with E-state index in [0.717, 1.165) is 23.9 Å². The van der Waals surface area contributed by atoms with Crippen molar-refractivity contribution in [3.8, 4) is 17.2 Å². The first kappa shape index (κ1) is 20.3. The molecular weight excluding hydrogens is 404 g/mol. The number of carbonyl (C=O) groups excluding carboxylic acids is 1. The Labute approximate surface area is 186 Å². The smallest absolute Gasteiger partial charge is 0.259 e. The molecule has 0 aliphatic carbocycles. The van der Waals surface area contributed by atoms with Gasteiger partial charge in [0.25, 0.3) is 5.91 Å². The van der Waals surface area contributed by atoms with Crippen LogP contribution in [0.25, 0.3) is 22.5 Å². The van der Waals surface area contributed by atoms with Gasteiger partial charge in [0.15, 0.2) is 11.4 Å². The zero-order valence-corrected chi connectivity index (χ0v) is 18.8. The Morgan fingerprint density at radius 2 is 2.09 bits per heavy atom. The first-order chi connectivity index (χ1) is 15.5. The van der Waals surface area contributed by atoms with Gasteiger partial charge >= 0.3 is 0 Å². The first-order valence-corrected chi connectivity index (χ1v) is 10.9. The normalized spacial score (nSPS) is 13.6. The van der Waals surface area contributed by atoms with Gasteiger partial charge in [-0.25, -0.2) is 9.67 Å². The van der Waals surface area contributed by atoms with Gasteiger partial charge in [-0.15, -0.1) is 0 Å². The van der Waals surface area contributed by atoms with Crippen LogP contribution in [0.1, 0.15) is 47.8 Å². The largest absolute Gasteiger partial charge is 0.495 e. The van der Waals surface area contributed by atoms with Gasteiger partial charge in [0, 0.05) is 12.6 Å². The number of amides is 1. The van der Waals surface area contributed by atoms with E-state index >= 15 is 0 Å². The molecule has 3 aromatic heterocycles. The molecule has 1 aliphatic rings. The van der Waals surface area contributed by atoms with Gasteiger partial charge in [0.1, 0.15) is 11.4 Å². The van der Waals surface area contributed by atoms with E-state index in [4.69, 9.17) is 14.1 Å². The maximum absolute atomic E-state index is 14.0. The number of nitrogens with zero attached hydrogens (tertiary/aromatic N) is 4. The lowest BCUT2D eigenvalue weighted by Crippen LogP contribution is -2.36. The van der Waals surface area contributed by atoms with Crippen molar-refractivity contribution in [1.29, 1.82) is 0 Å². The van der Waals surface area contributed by atoms with Crippen molar-refractivity contribution in [3.63, 3.8) is 0 Å². The summed E-state index contributed by atoms with van der Waals surface area (Å²) >= 11 is 0. The van der Waals surface area contributed by atoms with Gasteiger partial charge in [0.2, 0.25) is 0 Å². The standard InChI is InChI=1S/C25H26N4O3/c1-15(2)29-24-19(14-26-29)18(13-20(27-24)21-8-6-12-32-21)25(30)28-11-5-7-17-16(3)9-10-22(31-4)23(17)28/h6,8-10,12-15H,5,7,11H2,1-4H3. The van der Waals surface area contributed by atoms with E-state index in [9.17, 15) is 4.79 Å². The van der Waals surface area contributed by atoms with E-state index in [0.29, 0.717) is 35.0 Å². The minimum atomic E-state index is -0.0848. The molecule has 164 valence electrons. The summed E-state index contributed by atoms with van der Waals surface area (Å²) in [6, 6.07) is 9.57. The van der Waals surface area contributed by atoms with Crippen LogP contribution in [0.5, 0.6) is 5.75 Å². The van der Waals surface area contributed by atoms with Gasteiger partial charge in [-0.2, -0.15) is 5.10 Å². The Morgan fingerprint density at radius 1 is 1.25 bits per heavy atom. The van der Waals surface area contributed by atoms with Crippen LogP contribution >= 0.6 is 0 Å². The predicted octanol–water partition coefficient (Wildman–Crippen LogP) is 5.18. The average Bonchev–Trinajstić information content (AvgIpc) is 3.48. The molecule has 32 heavy (non-hydrogen) atoms. The van der Waals surface area contributed by atoms with E-state index in [1.54, 1.807) is 19.6 Å². The van der Waals surface area contributed by atoms with Crippen LogP contribution in [-0.2, 0) is 6.42 Å². The summed E-state index contributed by atoms with van der Waals surface area (Å²) in [5.41, 5.74) is 5.04. The SMILES string of the molecule is COc1ccc(C)c2c1N(C(=O)c1cc(-c3ccco3)nc3c1cnn3C(C)C)CCC2.